The Morgan fingerprint density at radius 1 is 1.11 bits per heavy atom. The highest BCUT2D eigenvalue weighted by molar-refractivity contribution is 5.83. The summed E-state index contributed by atoms with van der Waals surface area (Å²) in [6.07, 6.45) is 2.80. The fourth-order valence-electron chi connectivity index (χ4n) is 4.98. The number of hydrogen-bond acceptors (Lipinski definition) is 7. The maximum absolute atomic E-state index is 13.7. The average molecular weight is 489 g/mol. The molecule has 1 unspecified atom stereocenters. The maximum atomic E-state index is 13.7. The molecule has 36 heavy (non-hydrogen) atoms. The number of tetrazole rings is 1. The van der Waals surface area contributed by atoms with Crippen LogP contribution in [0.3, 0.4) is 0 Å². The first-order chi connectivity index (χ1) is 17.4. The predicted molar refractivity (Wildman–Crippen MR) is 139 cm³/mol. The van der Waals surface area contributed by atoms with Crippen LogP contribution in [0.15, 0.2) is 47.3 Å². The van der Waals surface area contributed by atoms with E-state index in [1.165, 1.54) is 5.56 Å². The lowest BCUT2D eigenvalue weighted by Crippen LogP contribution is -2.40. The molecular weight excluding hydrogens is 456 g/mol. The van der Waals surface area contributed by atoms with E-state index in [2.05, 4.69) is 64.4 Å². The number of aryl methyl sites for hydroxylation is 1. The van der Waals surface area contributed by atoms with Gasteiger partial charge in [-0.05, 0) is 67.3 Å². The number of H-pyrrole nitrogens is 1. The molecule has 9 nitrogen and oxygen atoms in total. The summed E-state index contributed by atoms with van der Waals surface area (Å²) in [5.74, 6) is 1.80. The number of fused-ring (bicyclic) bond motifs is 2. The van der Waals surface area contributed by atoms with Gasteiger partial charge in [-0.1, -0.05) is 25.1 Å². The largest absolute Gasteiger partial charge is 0.493 e. The Morgan fingerprint density at radius 2 is 1.86 bits per heavy atom. The number of ether oxygens (including phenoxy) is 2. The summed E-state index contributed by atoms with van der Waals surface area (Å²) in [5.41, 5.74) is 3.09. The number of methoxy groups -OCH3 is 2. The maximum Gasteiger partial charge on any atom is 0.254 e. The highest BCUT2D eigenvalue weighted by atomic mass is 16.5. The van der Waals surface area contributed by atoms with Crippen LogP contribution in [0.5, 0.6) is 11.5 Å². The minimum atomic E-state index is -0.478. The summed E-state index contributed by atoms with van der Waals surface area (Å²) in [7, 11) is 3.18. The molecule has 2 aromatic heterocycles. The van der Waals surface area contributed by atoms with Gasteiger partial charge in [0.05, 0.1) is 25.3 Å². The number of nitrogens with zero attached hydrogens (tertiary/aromatic N) is 5. The van der Waals surface area contributed by atoms with Crippen LogP contribution in [0.2, 0.25) is 0 Å². The normalized spacial score (nSPS) is 14.5. The van der Waals surface area contributed by atoms with Crippen LogP contribution >= 0.6 is 0 Å². The van der Waals surface area contributed by atoms with Gasteiger partial charge >= 0.3 is 0 Å². The molecule has 1 aliphatic rings. The molecule has 0 saturated heterocycles. The summed E-state index contributed by atoms with van der Waals surface area (Å²) in [5, 5.41) is 13.8. The van der Waals surface area contributed by atoms with Gasteiger partial charge in [0.15, 0.2) is 17.3 Å². The first-order valence-electron chi connectivity index (χ1n) is 12.3. The number of aromatic amines is 1. The number of rotatable bonds is 7. The van der Waals surface area contributed by atoms with Crippen LogP contribution in [0.25, 0.3) is 10.9 Å². The standard InChI is InChI=1S/C27H32N6O3/c1-6-27(2,3)33-25(29-30-31-33)24(32-13-9-11-17-10-7-8-12-21(17)32)19-14-18-15-22(35-4)23(36-5)16-20(18)28-26(19)34/h7-8,10,12,14-16,24H,6,9,11,13H2,1-5H3,(H,28,34). The lowest BCUT2D eigenvalue weighted by Gasteiger charge is -2.38. The molecule has 0 spiro atoms. The zero-order chi connectivity index (χ0) is 25.4. The number of para-hydroxylation sites is 1. The van der Waals surface area contributed by atoms with E-state index in [4.69, 9.17) is 9.47 Å². The van der Waals surface area contributed by atoms with E-state index in [1.807, 2.05) is 22.9 Å². The van der Waals surface area contributed by atoms with E-state index < -0.39 is 6.04 Å². The molecule has 1 N–H and O–H groups in total. The topological polar surface area (TPSA) is 98.2 Å². The third-order valence-electron chi connectivity index (χ3n) is 7.31. The predicted octanol–water partition coefficient (Wildman–Crippen LogP) is 4.22. The van der Waals surface area contributed by atoms with Crippen LogP contribution in [-0.2, 0) is 12.0 Å². The molecule has 9 heteroatoms. The van der Waals surface area contributed by atoms with Crippen molar-refractivity contribution in [2.24, 2.45) is 0 Å². The molecule has 0 aliphatic carbocycles. The Balaban J connectivity index is 1.77. The summed E-state index contributed by atoms with van der Waals surface area (Å²) < 4.78 is 12.8. The smallest absolute Gasteiger partial charge is 0.254 e. The van der Waals surface area contributed by atoms with Gasteiger partial charge in [0.2, 0.25) is 0 Å². The van der Waals surface area contributed by atoms with Crippen LogP contribution in [-0.4, -0.2) is 46.0 Å². The molecule has 0 bridgehead atoms. The lowest BCUT2D eigenvalue weighted by atomic mass is 9.95. The van der Waals surface area contributed by atoms with Crippen molar-refractivity contribution in [2.75, 3.05) is 25.7 Å². The van der Waals surface area contributed by atoms with E-state index >= 15 is 0 Å². The summed E-state index contributed by atoms with van der Waals surface area (Å²) >= 11 is 0. The van der Waals surface area contributed by atoms with Gasteiger partial charge in [0.1, 0.15) is 6.04 Å². The van der Waals surface area contributed by atoms with Crippen LogP contribution in [0.4, 0.5) is 5.69 Å². The van der Waals surface area contributed by atoms with E-state index in [0.29, 0.717) is 28.4 Å². The van der Waals surface area contributed by atoms with Crippen molar-refractivity contribution in [3.63, 3.8) is 0 Å². The van der Waals surface area contributed by atoms with Gasteiger partial charge in [0.25, 0.3) is 5.56 Å². The Morgan fingerprint density at radius 3 is 2.61 bits per heavy atom. The van der Waals surface area contributed by atoms with Gasteiger partial charge in [-0.25, -0.2) is 4.68 Å². The van der Waals surface area contributed by atoms with Gasteiger partial charge in [-0.3, -0.25) is 4.79 Å². The third-order valence-corrected chi connectivity index (χ3v) is 7.31. The quantitative estimate of drug-likeness (QED) is 0.416. The highest BCUT2D eigenvalue weighted by Gasteiger charge is 2.36. The number of aromatic nitrogens is 5. The van der Waals surface area contributed by atoms with Crippen molar-refractivity contribution in [1.29, 1.82) is 0 Å². The number of benzene rings is 2. The molecule has 5 rings (SSSR count). The van der Waals surface area contributed by atoms with Crippen molar-refractivity contribution in [3.8, 4) is 11.5 Å². The highest BCUT2D eigenvalue weighted by Crippen LogP contribution is 2.39. The second-order valence-electron chi connectivity index (χ2n) is 9.79. The summed E-state index contributed by atoms with van der Waals surface area (Å²) in [4.78, 5) is 19.0. The Hall–Kier alpha value is -3.88. The molecule has 0 saturated carbocycles. The Kier molecular flexibility index (Phi) is 6.15. The first-order valence-corrected chi connectivity index (χ1v) is 12.3. The first kappa shape index (κ1) is 23.8. The average Bonchev–Trinajstić information content (AvgIpc) is 3.39. The number of anilines is 1. The van der Waals surface area contributed by atoms with Crippen LogP contribution < -0.4 is 19.9 Å². The molecule has 3 heterocycles. The Bertz CT molecular complexity index is 1460. The fourth-order valence-corrected chi connectivity index (χ4v) is 4.98. The van der Waals surface area contributed by atoms with Crippen molar-refractivity contribution < 1.29 is 9.47 Å². The van der Waals surface area contributed by atoms with E-state index in [0.717, 1.165) is 36.9 Å². The monoisotopic (exact) mass is 488 g/mol. The van der Waals surface area contributed by atoms with Crippen molar-refractivity contribution in [1.82, 2.24) is 25.2 Å². The Labute approximate surface area is 210 Å². The molecule has 4 aromatic rings. The van der Waals surface area contributed by atoms with E-state index in [1.54, 1.807) is 20.3 Å². The number of pyridine rings is 1. The fraction of sp³-hybridized carbons (Fsp3) is 0.407. The molecule has 0 fully saturated rings. The minimum Gasteiger partial charge on any atom is -0.493 e. The van der Waals surface area contributed by atoms with Gasteiger partial charge in [-0.15, -0.1) is 5.10 Å². The second-order valence-corrected chi connectivity index (χ2v) is 9.79. The molecular formula is C27H32N6O3. The van der Waals surface area contributed by atoms with Crippen molar-refractivity contribution >= 4 is 16.6 Å². The van der Waals surface area contributed by atoms with Crippen LogP contribution in [0, 0.1) is 0 Å². The van der Waals surface area contributed by atoms with Crippen LogP contribution in [0.1, 0.15) is 56.6 Å². The zero-order valence-electron chi connectivity index (χ0n) is 21.4. The van der Waals surface area contributed by atoms with Gasteiger partial charge in [0, 0.05) is 29.2 Å². The number of nitrogens with one attached hydrogen (secondary N) is 1. The third kappa shape index (κ3) is 3.98. The molecule has 0 radical (unpaired) electrons. The molecule has 0 amide bonds. The minimum absolute atomic E-state index is 0.188. The molecule has 1 aliphatic heterocycles. The second kappa shape index (κ2) is 9.29. The van der Waals surface area contributed by atoms with E-state index in [-0.39, 0.29) is 11.1 Å². The molecule has 1 atom stereocenters. The SMILES string of the molecule is CCC(C)(C)n1nnnc1C(c1cc2cc(OC)c(OC)cc2[nH]c1=O)N1CCCc2ccccc21. The number of hydrogen-bond donors (Lipinski definition) is 1. The molecule has 2 aromatic carbocycles. The van der Waals surface area contributed by atoms with Crippen molar-refractivity contribution in [2.45, 2.75) is 51.6 Å². The zero-order valence-corrected chi connectivity index (χ0v) is 21.4. The summed E-state index contributed by atoms with van der Waals surface area (Å²) in [6.45, 7) is 7.11. The van der Waals surface area contributed by atoms with Crippen molar-refractivity contribution in [3.05, 3.63) is 69.8 Å². The lowest BCUT2D eigenvalue weighted by molar-refractivity contribution is 0.287. The van der Waals surface area contributed by atoms with E-state index in [9.17, 15) is 4.79 Å². The van der Waals surface area contributed by atoms with Gasteiger partial charge in [-0.2, -0.15) is 0 Å². The summed E-state index contributed by atoms with van der Waals surface area (Å²) in [6, 6.07) is 13.5. The van der Waals surface area contributed by atoms with Gasteiger partial charge < -0.3 is 19.4 Å². The molecule has 188 valence electrons.